The van der Waals surface area contributed by atoms with Gasteiger partial charge in [0, 0.05) is 13.0 Å². The van der Waals surface area contributed by atoms with E-state index < -0.39 is 0 Å². The standard InChI is InChI=1S/C14H26N2O2/c1-10(12-4-3-6-15-9-12)8-14(17)16-13-5-7-18-11(13)2/h10-13,15H,3-9H2,1-2H3,(H,16,17). The zero-order valence-corrected chi connectivity index (χ0v) is 11.6. The fourth-order valence-electron chi connectivity index (χ4n) is 3.01. The Morgan fingerprint density at radius 1 is 1.50 bits per heavy atom. The third kappa shape index (κ3) is 3.69. The number of hydrogen-bond donors (Lipinski definition) is 2. The van der Waals surface area contributed by atoms with Crippen LogP contribution in [0, 0.1) is 11.8 Å². The maximum absolute atomic E-state index is 12.0. The first-order valence-corrected chi connectivity index (χ1v) is 7.28. The molecule has 1 amide bonds. The molecule has 4 atom stereocenters. The first-order chi connectivity index (χ1) is 8.66. The second-order valence-electron chi connectivity index (χ2n) is 5.83. The molecule has 0 radical (unpaired) electrons. The Morgan fingerprint density at radius 2 is 2.33 bits per heavy atom. The lowest BCUT2D eigenvalue weighted by molar-refractivity contribution is -0.123. The summed E-state index contributed by atoms with van der Waals surface area (Å²) in [5.41, 5.74) is 0. The van der Waals surface area contributed by atoms with Gasteiger partial charge in [0.25, 0.3) is 0 Å². The molecule has 0 bridgehead atoms. The molecular formula is C14H26N2O2. The van der Waals surface area contributed by atoms with Crippen molar-refractivity contribution < 1.29 is 9.53 Å². The molecule has 2 aliphatic rings. The highest BCUT2D eigenvalue weighted by Gasteiger charge is 2.27. The number of nitrogens with one attached hydrogen (secondary N) is 2. The van der Waals surface area contributed by atoms with Gasteiger partial charge in [-0.2, -0.15) is 0 Å². The number of amides is 1. The van der Waals surface area contributed by atoms with E-state index in [1.165, 1.54) is 12.8 Å². The summed E-state index contributed by atoms with van der Waals surface area (Å²) in [7, 11) is 0. The maximum Gasteiger partial charge on any atom is 0.220 e. The van der Waals surface area contributed by atoms with E-state index in [1.54, 1.807) is 0 Å². The maximum atomic E-state index is 12.0. The minimum atomic E-state index is 0.167. The van der Waals surface area contributed by atoms with Crippen LogP contribution in [-0.4, -0.2) is 37.7 Å². The predicted octanol–water partition coefficient (Wildman–Crippen LogP) is 1.31. The Hall–Kier alpha value is -0.610. The summed E-state index contributed by atoms with van der Waals surface area (Å²) >= 11 is 0. The van der Waals surface area contributed by atoms with E-state index in [9.17, 15) is 4.79 Å². The summed E-state index contributed by atoms with van der Waals surface area (Å²) in [6.45, 7) is 7.20. The molecule has 2 fully saturated rings. The Labute approximate surface area is 110 Å². The van der Waals surface area contributed by atoms with Crippen LogP contribution in [0.15, 0.2) is 0 Å². The molecule has 2 rings (SSSR count). The Kier molecular flexibility index (Phi) is 5.01. The molecule has 0 spiro atoms. The van der Waals surface area contributed by atoms with E-state index in [2.05, 4.69) is 17.6 Å². The first-order valence-electron chi connectivity index (χ1n) is 7.28. The van der Waals surface area contributed by atoms with Gasteiger partial charge in [-0.3, -0.25) is 4.79 Å². The molecule has 4 nitrogen and oxygen atoms in total. The van der Waals surface area contributed by atoms with E-state index in [1.807, 2.05) is 6.92 Å². The molecule has 2 aliphatic heterocycles. The van der Waals surface area contributed by atoms with Gasteiger partial charge in [0.2, 0.25) is 5.91 Å². The zero-order valence-electron chi connectivity index (χ0n) is 11.6. The molecule has 4 heteroatoms. The molecule has 2 saturated heterocycles. The summed E-state index contributed by atoms with van der Waals surface area (Å²) in [6.07, 6.45) is 4.26. The molecule has 0 saturated carbocycles. The van der Waals surface area contributed by atoms with E-state index in [4.69, 9.17) is 4.74 Å². The summed E-state index contributed by atoms with van der Waals surface area (Å²) < 4.78 is 5.46. The second kappa shape index (κ2) is 6.53. The van der Waals surface area contributed by atoms with E-state index >= 15 is 0 Å². The summed E-state index contributed by atoms with van der Waals surface area (Å²) in [4.78, 5) is 12.0. The van der Waals surface area contributed by atoms with Gasteiger partial charge in [0.05, 0.1) is 12.1 Å². The number of carbonyl (C=O) groups excluding carboxylic acids is 1. The summed E-state index contributed by atoms with van der Waals surface area (Å²) in [5.74, 6) is 1.31. The molecule has 0 aromatic heterocycles. The SMILES string of the molecule is CC(CC(=O)NC1CCOC1C)C1CCCNC1. The summed E-state index contributed by atoms with van der Waals surface area (Å²) in [5, 5.41) is 6.53. The number of hydrogen-bond acceptors (Lipinski definition) is 3. The molecule has 2 heterocycles. The Balaban J connectivity index is 1.72. The van der Waals surface area contributed by atoms with Crippen LogP contribution in [-0.2, 0) is 9.53 Å². The van der Waals surface area contributed by atoms with Gasteiger partial charge in [-0.15, -0.1) is 0 Å². The predicted molar refractivity (Wildman–Crippen MR) is 71.3 cm³/mol. The van der Waals surface area contributed by atoms with Gasteiger partial charge in [0.15, 0.2) is 0 Å². The van der Waals surface area contributed by atoms with Crippen LogP contribution in [0.4, 0.5) is 0 Å². The Bertz CT molecular complexity index is 277. The molecular weight excluding hydrogens is 228 g/mol. The highest BCUT2D eigenvalue weighted by Crippen LogP contribution is 2.22. The normalized spacial score (nSPS) is 34.2. The van der Waals surface area contributed by atoms with Crippen molar-refractivity contribution in [1.29, 1.82) is 0 Å². The largest absolute Gasteiger partial charge is 0.376 e. The quantitative estimate of drug-likeness (QED) is 0.795. The van der Waals surface area contributed by atoms with Crippen LogP contribution in [0.2, 0.25) is 0 Å². The van der Waals surface area contributed by atoms with Crippen molar-refractivity contribution in [3.8, 4) is 0 Å². The van der Waals surface area contributed by atoms with Gasteiger partial charge in [-0.25, -0.2) is 0 Å². The molecule has 4 unspecified atom stereocenters. The Morgan fingerprint density at radius 3 is 2.94 bits per heavy atom. The zero-order chi connectivity index (χ0) is 13.0. The third-order valence-corrected chi connectivity index (χ3v) is 4.37. The molecule has 2 N–H and O–H groups in total. The number of carbonyl (C=O) groups is 1. The van der Waals surface area contributed by atoms with Gasteiger partial charge in [-0.05, 0) is 51.1 Å². The van der Waals surface area contributed by atoms with Crippen LogP contribution >= 0.6 is 0 Å². The van der Waals surface area contributed by atoms with Crippen molar-refractivity contribution in [2.75, 3.05) is 19.7 Å². The molecule has 0 aliphatic carbocycles. The fourth-order valence-corrected chi connectivity index (χ4v) is 3.01. The van der Waals surface area contributed by atoms with Crippen LogP contribution in [0.25, 0.3) is 0 Å². The van der Waals surface area contributed by atoms with Crippen LogP contribution in [0.5, 0.6) is 0 Å². The fraction of sp³-hybridized carbons (Fsp3) is 0.929. The van der Waals surface area contributed by atoms with Crippen molar-refractivity contribution in [2.45, 2.75) is 51.7 Å². The van der Waals surface area contributed by atoms with Crippen LogP contribution in [0.3, 0.4) is 0 Å². The van der Waals surface area contributed by atoms with Crippen molar-refractivity contribution in [1.82, 2.24) is 10.6 Å². The number of piperidine rings is 1. The highest BCUT2D eigenvalue weighted by atomic mass is 16.5. The third-order valence-electron chi connectivity index (χ3n) is 4.37. The van der Waals surface area contributed by atoms with Crippen LogP contribution in [0.1, 0.15) is 39.5 Å². The van der Waals surface area contributed by atoms with Crippen molar-refractivity contribution in [3.63, 3.8) is 0 Å². The van der Waals surface area contributed by atoms with E-state index in [-0.39, 0.29) is 18.1 Å². The van der Waals surface area contributed by atoms with Crippen molar-refractivity contribution in [2.24, 2.45) is 11.8 Å². The molecule has 0 aromatic carbocycles. The van der Waals surface area contributed by atoms with Gasteiger partial charge >= 0.3 is 0 Å². The average molecular weight is 254 g/mol. The number of rotatable bonds is 4. The molecule has 18 heavy (non-hydrogen) atoms. The highest BCUT2D eigenvalue weighted by molar-refractivity contribution is 5.76. The molecule has 0 aromatic rings. The smallest absolute Gasteiger partial charge is 0.220 e. The monoisotopic (exact) mass is 254 g/mol. The van der Waals surface area contributed by atoms with Gasteiger partial charge < -0.3 is 15.4 Å². The van der Waals surface area contributed by atoms with E-state index in [0.717, 1.165) is 26.1 Å². The van der Waals surface area contributed by atoms with E-state index in [0.29, 0.717) is 18.3 Å². The minimum Gasteiger partial charge on any atom is -0.376 e. The van der Waals surface area contributed by atoms with Gasteiger partial charge in [0.1, 0.15) is 0 Å². The lowest BCUT2D eigenvalue weighted by atomic mass is 9.85. The first kappa shape index (κ1) is 13.8. The van der Waals surface area contributed by atoms with Crippen LogP contribution < -0.4 is 10.6 Å². The molecule has 104 valence electrons. The van der Waals surface area contributed by atoms with Crippen molar-refractivity contribution >= 4 is 5.91 Å². The summed E-state index contributed by atoms with van der Waals surface area (Å²) in [6, 6.07) is 0.217. The topological polar surface area (TPSA) is 50.4 Å². The second-order valence-corrected chi connectivity index (χ2v) is 5.83. The minimum absolute atomic E-state index is 0.167. The van der Waals surface area contributed by atoms with Crippen molar-refractivity contribution in [3.05, 3.63) is 0 Å². The number of ether oxygens (including phenoxy) is 1. The lowest BCUT2D eigenvalue weighted by Crippen LogP contribution is -2.41. The average Bonchev–Trinajstić information content (AvgIpc) is 2.76. The lowest BCUT2D eigenvalue weighted by Gasteiger charge is -2.28. The van der Waals surface area contributed by atoms with Gasteiger partial charge in [-0.1, -0.05) is 6.92 Å².